The summed E-state index contributed by atoms with van der Waals surface area (Å²) in [5.74, 6) is 4.28. The molecule has 0 bridgehead atoms. The topological polar surface area (TPSA) is 67.3 Å². The van der Waals surface area contributed by atoms with E-state index in [1.165, 1.54) is 6.20 Å². The van der Waals surface area contributed by atoms with E-state index in [0.29, 0.717) is 17.4 Å². The minimum absolute atomic E-state index is 0.0240. The molecule has 0 saturated heterocycles. The van der Waals surface area contributed by atoms with E-state index in [-0.39, 0.29) is 12.1 Å². The summed E-state index contributed by atoms with van der Waals surface area (Å²) >= 11 is 0. The van der Waals surface area contributed by atoms with E-state index in [2.05, 4.69) is 16.8 Å². The smallest absolute Gasteiger partial charge is 0.354 e. The van der Waals surface area contributed by atoms with Crippen molar-refractivity contribution in [3.8, 4) is 11.8 Å². The van der Waals surface area contributed by atoms with Crippen LogP contribution in [0.15, 0.2) is 12.3 Å². The number of carbonyl (C=O) groups excluding carboxylic acids is 1. The Morgan fingerprint density at radius 1 is 1.67 bits per heavy atom. The van der Waals surface area contributed by atoms with E-state index in [4.69, 9.17) is 5.11 Å². The van der Waals surface area contributed by atoms with Gasteiger partial charge >= 0.3 is 5.97 Å². The molecule has 0 atom stereocenters. The molecule has 4 nitrogen and oxygen atoms in total. The molecule has 0 saturated carbocycles. The molecular formula is C11H9NO3. The van der Waals surface area contributed by atoms with Gasteiger partial charge in [-0.15, -0.1) is 0 Å². The predicted molar refractivity (Wildman–Crippen MR) is 53.5 cm³/mol. The van der Waals surface area contributed by atoms with Crippen molar-refractivity contribution < 1.29 is 14.7 Å². The fraction of sp³-hybridized carbons (Fsp3) is 0.182. The number of aryl methyl sites for hydroxylation is 1. The number of carboxylic acids is 1. The van der Waals surface area contributed by atoms with Gasteiger partial charge in [0.25, 0.3) is 0 Å². The number of hydrogen-bond acceptors (Lipinski definition) is 3. The molecule has 0 aliphatic heterocycles. The summed E-state index contributed by atoms with van der Waals surface area (Å²) in [6.45, 7) is 1.65. The minimum atomic E-state index is -1.06. The van der Waals surface area contributed by atoms with Crippen LogP contribution in [-0.2, 0) is 4.79 Å². The molecule has 1 N–H and O–H groups in total. The Morgan fingerprint density at radius 3 is 2.93 bits per heavy atom. The van der Waals surface area contributed by atoms with Crippen LogP contribution in [0.25, 0.3) is 0 Å². The van der Waals surface area contributed by atoms with Crippen molar-refractivity contribution in [1.82, 2.24) is 4.98 Å². The molecule has 1 aromatic rings. The molecule has 1 aromatic heterocycles. The molecule has 76 valence electrons. The second-order valence-electron chi connectivity index (χ2n) is 2.87. The van der Waals surface area contributed by atoms with Gasteiger partial charge < -0.3 is 9.90 Å². The Labute approximate surface area is 87.0 Å². The van der Waals surface area contributed by atoms with Gasteiger partial charge in [0.1, 0.15) is 6.29 Å². The number of aromatic carboxylic acids is 1. The van der Waals surface area contributed by atoms with E-state index in [1.807, 2.05) is 0 Å². The molecule has 0 aliphatic rings. The molecule has 0 aromatic carbocycles. The lowest BCUT2D eigenvalue weighted by atomic mass is 10.1. The van der Waals surface area contributed by atoms with Gasteiger partial charge in [-0.2, -0.15) is 0 Å². The summed E-state index contributed by atoms with van der Waals surface area (Å²) < 4.78 is 0. The normalized spacial score (nSPS) is 8.87. The molecule has 15 heavy (non-hydrogen) atoms. The second-order valence-corrected chi connectivity index (χ2v) is 2.87. The lowest BCUT2D eigenvalue weighted by Gasteiger charge is -1.98. The first-order valence-corrected chi connectivity index (χ1v) is 4.27. The number of pyridine rings is 1. The van der Waals surface area contributed by atoms with Crippen molar-refractivity contribution in [2.24, 2.45) is 0 Å². The largest absolute Gasteiger partial charge is 0.477 e. The molecule has 0 aliphatic carbocycles. The third kappa shape index (κ3) is 2.92. The lowest BCUT2D eigenvalue weighted by Crippen LogP contribution is -2.03. The van der Waals surface area contributed by atoms with Crippen molar-refractivity contribution in [1.29, 1.82) is 0 Å². The standard InChI is InChI=1S/C11H9NO3/c1-8-6-9(4-2-3-5-13)7-12-10(8)11(14)15/h5-7H,3H2,1H3,(H,14,15). The maximum atomic E-state index is 10.6. The number of hydrogen-bond donors (Lipinski definition) is 1. The Balaban J connectivity index is 2.98. The van der Waals surface area contributed by atoms with Crippen LogP contribution in [0.3, 0.4) is 0 Å². The molecule has 0 fully saturated rings. The zero-order chi connectivity index (χ0) is 11.3. The molecule has 0 unspecified atom stereocenters. The number of carbonyl (C=O) groups is 2. The Morgan fingerprint density at radius 2 is 2.40 bits per heavy atom. The summed E-state index contributed by atoms with van der Waals surface area (Å²) in [5.41, 5.74) is 1.19. The maximum absolute atomic E-state index is 10.6. The van der Waals surface area contributed by atoms with Gasteiger partial charge in [0.2, 0.25) is 0 Å². The van der Waals surface area contributed by atoms with E-state index in [1.54, 1.807) is 13.0 Å². The summed E-state index contributed by atoms with van der Waals surface area (Å²) in [6, 6.07) is 1.63. The Hall–Kier alpha value is -2.15. The quantitative estimate of drug-likeness (QED) is 0.575. The SMILES string of the molecule is Cc1cc(C#CCC=O)cnc1C(=O)O. The zero-order valence-corrected chi connectivity index (χ0v) is 8.15. The van der Waals surface area contributed by atoms with Crippen molar-refractivity contribution in [3.63, 3.8) is 0 Å². The van der Waals surface area contributed by atoms with Crippen LogP contribution in [0, 0.1) is 18.8 Å². The van der Waals surface area contributed by atoms with Crippen molar-refractivity contribution in [2.45, 2.75) is 13.3 Å². The minimum Gasteiger partial charge on any atom is -0.477 e. The molecule has 0 radical (unpaired) electrons. The van der Waals surface area contributed by atoms with Crippen molar-refractivity contribution >= 4 is 12.3 Å². The second kappa shape index (κ2) is 4.91. The molecule has 0 spiro atoms. The molecular weight excluding hydrogens is 194 g/mol. The first-order valence-electron chi connectivity index (χ1n) is 4.27. The first-order chi connectivity index (χ1) is 7.15. The zero-order valence-electron chi connectivity index (χ0n) is 8.15. The number of aldehydes is 1. The van der Waals surface area contributed by atoms with Gasteiger partial charge in [0.15, 0.2) is 5.69 Å². The number of carboxylic acid groups (broad SMARTS) is 1. The monoisotopic (exact) mass is 203 g/mol. The van der Waals surface area contributed by atoms with Crippen molar-refractivity contribution in [3.05, 3.63) is 29.1 Å². The average molecular weight is 203 g/mol. The Bertz CT molecular complexity index is 455. The third-order valence-electron chi connectivity index (χ3n) is 1.70. The highest BCUT2D eigenvalue weighted by Gasteiger charge is 2.07. The van der Waals surface area contributed by atoms with Crippen LogP contribution in [0.4, 0.5) is 0 Å². The number of aromatic nitrogens is 1. The van der Waals surface area contributed by atoms with E-state index in [0.717, 1.165) is 0 Å². The van der Waals surface area contributed by atoms with Crippen LogP contribution < -0.4 is 0 Å². The number of rotatable bonds is 2. The van der Waals surface area contributed by atoms with Crippen LogP contribution in [0.2, 0.25) is 0 Å². The molecule has 1 heterocycles. The molecule has 0 amide bonds. The highest BCUT2D eigenvalue weighted by molar-refractivity contribution is 5.87. The summed E-state index contributed by atoms with van der Waals surface area (Å²) in [4.78, 5) is 24.4. The van der Waals surface area contributed by atoms with Gasteiger partial charge in [-0.3, -0.25) is 0 Å². The van der Waals surface area contributed by atoms with Gasteiger partial charge in [-0.05, 0) is 18.6 Å². The van der Waals surface area contributed by atoms with Crippen molar-refractivity contribution in [2.75, 3.05) is 0 Å². The fourth-order valence-corrected chi connectivity index (χ4v) is 1.06. The number of nitrogens with zero attached hydrogens (tertiary/aromatic N) is 1. The van der Waals surface area contributed by atoms with Crippen LogP contribution in [-0.4, -0.2) is 22.3 Å². The Kier molecular flexibility index (Phi) is 3.58. The lowest BCUT2D eigenvalue weighted by molar-refractivity contribution is -0.107. The van der Waals surface area contributed by atoms with Crippen LogP contribution in [0.1, 0.15) is 28.0 Å². The van der Waals surface area contributed by atoms with Gasteiger partial charge in [0.05, 0.1) is 6.42 Å². The summed E-state index contributed by atoms with van der Waals surface area (Å²) in [5, 5.41) is 8.73. The van der Waals surface area contributed by atoms with Crippen LogP contribution in [0.5, 0.6) is 0 Å². The van der Waals surface area contributed by atoms with E-state index >= 15 is 0 Å². The average Bonchev–Trinajstić information content (AvgIpc) is 2.17. The first kappa shape index (κ1) is 10.9. The highest BCUT2D eigenvalue weighted by atomic mass is 16.4. The summed E-state index contributed by atoms with van der Waals surface area (Å²) in [6.07, 6.45) is 2.26. The van der Waals surface area contributed by atoms with E-state index in [9.17, 15) is 9.59 Å². The maximum Gasteiger partial charge on any atom is 0.354 e. The van der Waals surface area contributed by atoms with Gasteiger partial charge in [0, 0.05) is 11.8 Å². The third-order valence-corrected chi connectivity index (χ3v) is 1.70. The van der Waals surface area contributed by atoms with Gasteiger partial charge in [-0.25, -0.2) is 9.78 Å². The van der Waals surface area contributed by atoms with Crippen LogP contribution >= 0.6 is 0 Å². The predicted octanol–water partition coefficient (Wildman–Crippen LogP) is 1.03. The van der Waals surface area contributed by atoms with Gasteiger partial charge in [-0.1, -0.05) is 11.8 Å². The molecule has 4 heteroatoms. The van der Waals surface area contributed by atoms with E-state index < -0.39 is 5.97 Å². The highest BCUT2D eigenvalue weighted by Crippen LogP contribution is 2.06. The fourth-order valence-electron chi connectivity index (χ4n) is 1.06. The molecule has 1 rings (SSSR count). The summed E-state index contributed by atoms with van der Waals surface area (Å²) in [7, 11) is 0.